The van der Waals surface area contributed by atoms with E-state index < -0.39 is 15.8 Å². The van der Waals surface area contributed by atoms with Crippen molar-refractivity contribution < 1.29 is 12.8 Å². The molecular formula is C12H11ClFN3O2S. The molecule has 0 fully saturated rings. The van der Waals surface area contributed by atoms with E-state index in [1.54, 1.807) is 6.07 Å². The number of anilines is 1. The molecule has 0 spiro atoms. The van der Waals surface area contributed by atoms with Gasteiger partial charge in [-0.2, -0.15) is 8.42 Å². The zero-order valence-corrected chi connectivity index (χ0v) is 11.7. The number of nitrogens with one attached hydrogen (secondary N) is 1. The number of pyridine rings is 1. The first-order valence-electron chi connectivity index (χ1n) is 5.55. The molecule has 0 radical (unpaired) electrons. The summed E-state index contributed by atoms with van der Waals surface area (Å²) in [4.78, 5) is 3.80. The van der Waals surface area contributed by atoms with Crippen LogP contribution in [0.15, 0.2) is 41.6 Å². The van der Waals surface area contributed by atoms with E-state index in [2.05, 4.69) is 9.71 Å². The predicted molar refractivity (Wildman–Crippen MR) is 74.3 cm³/mol. The highest BCUT2D eigenvalue weighted by Gasteiger charge is 2.17. The van der Waals surface area contributed by atoms with Crippen molar-refractivity contribution >= 4 is 27.3 Å². The first-order valence-corrected chi connectivity index (χ1v) is 7.41. The van der Waals surface area contributed by atoms with Crippen LogP contribution in [0.2, 0.25) is 5.02 Å². The van der Waals surface area contributed by atoms with Crippen LogP contribution in [-0.4, -0.2) is 13.4 Å². The Labute approximate surface area is 120 Å². The summed E-state index contributed by atoms with van der Waals surface area (Å²) in [5.41, 5.74) is 6.06. The van der Waals surface area contributed by atoms with Crippen molar-refractivity contribution in [1.82, 2.24) is 4.98 Å². The van der Waals surface area contributed by atoms with Gasteiger partial charge in [-0.15, -0.1) is 0 Å². The number of aromatic nitrogens is 1. The molecule has 3 N–H and O–H groups in total. The van der Waals surface area contributed by atoms with Crippen LogP contribution in [0.5, 0.6) is 0 Å². The Morgan fingerprint density at radius 1 is 1.30 bits per heavy atom. The molecule has 20 heavy (non-hydrogen) atoms. The molecular weight excluding hydrogens is 305 g/mol. The fourth-order valence-electron chi connectivity index (χ4n) is 1.46. The Morgan fingerprint density at radius 2 is 2.05 bits per heavy atom. The fourth-order valence-corrected chi connectivity index (χ4v) is 2.69. The van der Waals surface area contributed by atoms with E-state index in [0.717, 1.165) is 12.1 Å². The summed E-state index contributed by atoms with van der Waals surface area (Å²) in [6.07, 6.45) is 1.36. The van der Waals surface area contributed by atoms with Crippen LogP contribution in [0.1, 0.15) is 5.56 Å². The monoisotopic (exact) mass is 315 g/mol. The molecule has 2 rings (SSSR count). The Morgan fingerprint density at radius 3 is 2.65 bits per heavy atom. The van der Waals surface area contributed by atoms with Crippen molar-refractivity contribution in [1.29, 1.82) is 0 Å². The highest BCUT2D eigenvalue weighted by molar-refractivity contribution is 7.92. The van der Waals surface area contributed by atoms with Crippen molar-refractivity contribution in [3.05, 3.63) is 52.9 Å². The van der Waals surface area contributed by atoms with Crippen LogP contribution in [-0.2, 0) is 16.6 Å². The number of hydrogen-bond acceptors (Lipinski definition) is 4. The topological polar surface area (TPSA) is 85.1 Å². The number of rotatable bonds is 4. The van der Waals surface area contributed by atoms with Crippen molar-refractivity contribution in [2.75, 3.05) is 4.72 Å². The quantitative estimate of drug-likeness (QED) is 0.905. The molecule has 0 unspecified atom stereocenters. The molecule has 0 bridgehead atoms. The van der Waals surface area contributed by atoms with Crippen LogP contribution in [0.3, 0.4) is 0 Å². The summed E-state index contributed by atoms with van der Waals surface area (Å²) >= 11 is 5.81. The standard InChI is InChI=1S/C12H11ClFN3O2S/c13-10-3-2-9(14)5-11(10)17-20(18,19)12-4-1-8(6-15)7-16-12/h1-5,7,17H,6,15H2. The van der Waals surface area contributed by atoms with Crippen molar-refractivity contribution in [3.8, 4) is 0 Å². The predicted octanol–water partition coefficient (Wildman–Crippen LogP) is 2.13. The van der Waals surface area contributed by atoms with Gasteiger partial charge in [-0.25, -0.2) is 9.37 Å². The Hall–Kier alpha value is -1.70. The lowest BCUT2D eigenvalue weighted by Crippen LogP contribution is -2.15. The first-order chi connectivity index (χ1) is 9.42. The van der Waals surface area contributed by atoms with Gasteiger partial charge in [0.1, 0.15) is 5.82 Å². The number of sulfonamides is 1. The molecule has 0 aliphatic rings. The zero-order valence-electron chi connectivity index (χ0n) is 10.2. The molecule has 1 aromatic carbocycles. The van der Waals surface area contributed by atoms with E-state index >= 15 is 0 Å². The summed E-state index contributed by atoms with van der Waals surface area (Å²) in [5, 5.41) is -0.108. The highest BCUT2D eigenvalue weighted by atomic mass is 35.5. The van der Waals surface area contributed by atoms with Gasteiger partial charge in [0.25, 0.3) is 10.0 Å². The van der Waals surface area contributed by atoms with E-state index in [-0.39, 0.29) is 22.3 Å². The summed E-state index contributed by atoms with van der Waals surface area (Å²) < 4.78 is 39.4. The average Bonchev–Trinajstić information content (AvgIpc) is 2.43. The molecule has 0 aliphatic heterocycles. The third-order valence-corrected chi connectivity index (χ3v) is 4.09. The maximum absolute atomic E-state index is 13.1. The van der Waals surface area contributed by atoms with Gasteiger partial charge >= 0.3 is 0 Å². The van der Waals surface area contributed by atoms with Gasteiger partial charge in [0, 0.05) is 12.7 Å². The van der Waals surface area contributed by atoms with E-state index in [0.29, 0.717) is 5.56 Å². The Bertz CT molecular complexity index is 720. The van der Waals surface area contributed by atoms with Gasteiger partial charge in [-0.1, -0.05) is 17.7 Å². The Kier molecular flexibility index (Phi) is 4.22. The molecule has 0 aliphatic carbocycles. The van der Waals surface area contributed by atoms with Gasteiger partial charge in [-0.05, 0) is 29.8 Å². The van der Waals surface area contributed by atoms with Gasteiger partial charge < -0.3 is 5.73 Å². The maximum Gasteiger partial charge on any atom is 0.279 e. The highest BCUT2D eigenvalue weighted by Crippen LogP contribution is 2.24. The third kappa shape index (κ3) is 3.24. The average molecular weight is 316 g/mol. The van der Waals surface area contributed by atoms with E-state index in [4.69, 9.17) is 17.3 Å². The second-order valence-corrected chi connectivity index (χ2v) is 5.97. The minimum atomic E-state index is -3.93. The van der Waals surface area contributed by atoms with Gasteiger partial charge in [0.15, 0.2) is 5.03 Å². The third-order valence-electron chi connectivity index (χ3n) is 2.48. The summed E-state index contributed by atoms with van der Waals surface area (Å²) in [6.45, 7) is 0.260. The van der Waals surface area contributed by atoms with Gasteiger partial charge in [-0.3, -0.25) is 4.72 Å². The van der Waals surface area contributed by atoms with Gasteiger partial charge in [0.2, 0.25) is 0 Å². The minimum Gasteiger partial charge on any atom is -0.326 e. The van der Waals surface area contributed by atoms with Crippen LogP contribution < -0.4 is 10.5 Å². The number of nitrogens with zero attached hydrogens (tertiary/aromatic N) is 1. The number of benzene rings is 1. The smallest absolute Gasteiger partial charge is 0.279 e. The number of halogens is 2. The van der Waals surface area contributed by atoms with Crippen molar-refractivity contribution in [2.45, 2.75) is 11.6 Å². The molecule has 0 atom stereocenters. The summed E-state index contributed by atoms with van der Waals surface area (Å²) in [7, 11) is -3.93. The molecule has 5 nitrogen and oxygen atoms in total. The fraction of sp³-hybridized carbons (Fsp3) is 0.0833. The maximum atomic E-state index is 13.1. The lowest BCUT2D eigenvalue weighted by Gasteiger charge is -2.09. The molecule has 0 saturated heterocycles. The molecule has 0 saturated carbocycles. The van der Waals surface area contributed by atoms with Crippen LogP contribution >= 0.6 is 11.6 Å². The van der Waals surface area contributed by atoms with Crippen LogP contribution in [0, 0.1) is 5.82 Å². The minimum absolute atomic E-state index is 0.0450. The second-order valence-electron chi connectivity index (χ2n) is 3.94. The molecule has 1 heterocycles. The van der Waals surface area contributed by atoms with Crippen LogP contribution in [0.4, 0.5) is 10.1 Å². The lowest BCUT2D eigenvalue weighted by atomic mass is 10.3. The second kappa shape index (κ2) is 5.74. The Balaban J connectivity index is 2.32. The van der Waals surface area contributed by atoms with E-state index in [1.165, 1.54) is 18.3 Å². The molecule has 1 aromatic heterocycles. The normalized spacial score (nSPS) is 11.3. The lowest BCUT2D eigenvalue weighted by molar-refractivity contribution is 0.597. The number of nitrogens with two attached hydrogens (primary N) is 1. The van der Waals surface area contributed by atoms with Crippen molar-refractivity contribution in [3.63, 3.8) is 0 Å². The first kappa shape index (κ1) is 14.7. The van der Waals surface area contributed by atoms with Crippen LogP contribution in [0.25, 0.3) is 0 Å². The summed E-state index contributed by atoms with van der Waals surface area (Å²) in [5.74, 6) is -0.599. The molecule has 8 heteroatoms. The number of hydrogen-bond donors (Lipinski definition) is 2. The van der Waals surface area contributed by atoms with E-state index in [9.17, 15) is 12.8 Å². The van der Waals surface area contributed by atoms with Gasteiger partial charge in [0.05, 0.1) is 10.7 Å². The largest absolute Gasteiger partial charge is 0.326 e. The summed E-state index contributed by atoms with van der Waals surface area (Å²) in [6, 6.07) is 6.26. The molecule has 2 aromatic rings. The molecule has 0 amide bonds. The van der Waals surface area contributed by atoms with E-state index in [1.807, 2.05) is 0 Å². The zero-order chi connectivity index (χ0) is 14.8. The SMILES string of the molecule is NCc1ccc(S(=O)(=O)Nc2cc(F)ccc2Cl)nc1. The molecule has 106 valence electrons. The van der Waals surface area contributed by atoms with Crippen molar-refractivity contribution in [2.24, 2.45) is 5.73 Å².